The van der Waals surface area contributed by atoms with Gasteiger partial charge in [-0.1, -0.05) is 24.6 Å². The monoisotopic (exact) mass is 279 g/mol. The van der Waals surface area contributed by atoms with Crippen molar-refractivity contribution in [2.75, 3.05) is 18.8 Å². The minimum Gasteiger partial charge on any atom is -0.364 e. The lowest BCUT2D eigenvalue weighted by atomic mass is 9.89. The molecule has 2 heterocycles. The molecular formula is C13H21N5S. The van der Waals surface area contributed by atoms with E-state index in [4.69, 9.17) is 4.99 Å². The van der Waals surface area contributed by atoms with Crippen LogP contribution in [0.2, 0.25) is 0 Å². The van der Waals surface area contributed by atoms with E-state index in [1.54, 1.807) is 11.0 Å². The van der Waals surface area contributed by atoms with Crippen LogP contribution in [0.3, 0.4) is 0 Å². The summed E-state index contributed by atoms with van der Waals surface area (Å²) in [4.78, 5) is 8.95. The Hall–Kier alpha value is -1.04. The maximum Gasteiger partial charge on any atom is 0.156 e. The van der Waals surface area contributed by atoms with Gasteiger partial charge in [0.25, 0.3) is 0 Å². The summed E-state index contributed by atoms with van der Waals surface area (Å²) in [6.07, 6.45) is 8.12. The lowest BCUT2D eigenvalue weighted by Gasteiger charge is -2.31. The molecule has 1 aromatic rings. The van der Waals surface area contributed by atoms with Gasteiger partial charge in [-0.05, 0) is 18.3 Å². The summed E-state index contributed by atoms with van der Waals surface area (Å²) < 4.78 is 1.74. The number of thioether (sulfide) groups is 1. The number of aromatic nitrogens is 3. The van der Waals surface area contributed by atoms with Crippen LogP contribution in [-0.4, -0.2) is 38.8 Å². The minimum atomic E-state index is 0.526. The number of hydrogen-bond donors (Lipinski definition) is 1. The maximum absolute atomic E-state index is 4.72. The van der Waals surface area contributed by atoms with Crippen molar-refractivity contribution in [3.63, 3.8) is 0 Å². The Morgan fingerprint density at radius 1 is 1.42 bits per heavy atom. The fraction of sp³-hybridized carbons (Fsp3) is 0.769. The molecule has 6 heteroatoms. The van der Waals surface area contributed by atoms with E-state index in [1.165, 1.54) is 31.4 Å². The zero-order valence-corrected chi connectivity index (χ0v) is 12.2. The molecule has 3 rings (SSSR count). The van der Waals surface area contributed by atoms with Gasteiger partial charge in [-0.15, -0.1) is 0 Å². The van der Waals surface area contributed by atoms with E-state index in [2.05, 4.69) is 15.4 Å². The first-order valence-electron chi connectivity index (χ1n) is 7.01. The summed E-state index contributed by atoms with van der Waals surface area (Å²) in [5.74, 6) is 2.13. The molecule has 2 aliphatic rings. The number of nitrogens with zero attached hydrogens (tertiary/aromatic N) is 4. The van der Waals surface area contributed by atoms with Gasteiger partial charge in [0.05, 0.1) is 0 Å². The van der Waals surface area contributed by atoms with Crippen molar-refractivity contribution in [1.82, 2.24) is 20.1 Å². The highest BCUT2D eigenvalue weighted by atomic mass is 32.2. The van der Waals surface area contributed by atoms with Crippen LogP contribution in [0, 0.1) is 5.41 Å². The number of rotatable bonds is 3. The summed E-state index contributed by atoms with van der Waals surface area (Å²) in [5.41, 5.74) is 0.526. The molecule has 0 unspecified atom stereocenters. The van der Waals surface area contributed by atoms with Crippen LogP contribution < -0.4 is 5.32 Å². The molecule has 1 aliphatic carbocycles. The summed E-state index contributed by atoms with van der Waals surface area (Å²) in [6.45, 7) is 1.88. The standard InChI is InChI=1S/C13H21N5S/c1-18-10-16-11(17-18)4-7-14-12-15-8-13(9-19-12)5-2-3-6-13/h10H,2-9H2,1H3,(H,14,15). The average Bonchev–Trinajstić information content (AvgIpc) is 3.02. The van der Waals surface area contributed by atoms with Crippen LogP contribution in [0.25, 0.3) is 0 Å². The molecule has 1 spiro atoms. The molecule has 19 heavy (non-hydrogen) atoms. The molecule has 0 amide bonds. The summed E-state index contributed by atoms with van der Waals surface area (Å²) >= 11 is 1.89. The van der Waals surface area contributed by atoms with E-state index >= 15 is 0 Å². The Kier molecular flexibility index (Phi) is 3.77. The minimum absolute atomic E-state index is 0.526. The molecule has 1 aliphatic heterocycles. The molecule has 1 saturated carbocycles. The lowest BCUT2D eigenvalue weighted by Crippen LogP contribution is -2.34. The van der Waals surface area contributed by atoms with Gasteiger partial charge in [0.15, 0.2) is 11.0 Å². The Bertz CT molecular complexity index is 461. The smallest absolute Gasteiger partial charge is 0.156 e. The SMILES string of the molecule is Cn1cnc(CCNC2=NCC3(CCCC3)CS2)n1. The molecule has 0 radical (unpaired) electrons. The first-order valence-corrected chi connectivity index (χ1v) is 8.00. The van der Waals surface area contributed by atoms with Crippen molar-refractivity contribution in [2.45, 2.75) is 32.1 Å². The van der Waals surface area contributed by atoms with Crippen molar-refractivity contribution in [1.29, 1.82) is 0 Å². The molecule has 5 nitrogen and oxygen atoms in total. The Labute approximate surface area is 118 Å². The molecule has 0 aromatic carbocycles. The first-order chi connectivity index (χ1) is 9.26. The van der Waals surface area contributed by atoms with Crippen LogP contribution in [0.4, 0.5) is 0 Å². The van der Waals surface area contributed by atoms with Crippen molar-refractivity contribution in [2.24, 2.45) is 17.5 Å². The van der Waals surface area contributed by atoms with Crippen LogP contribution in [0.1, 0.15) is 31.5 Å². The Morgan fingerprint density at radius 2 is 2.26 bits per heavy atom. The van der Waals surface area contributed by atoms with Crippen molar-refractivity contribution in [3.8, 4) is 0 Å². The second-order valence-electron chi connectivity index (χ2n) is 5.63. The third kappa shape index (κ3) is 3.11. The van der Waals surface area contributed by atoms with Gasteiger partial charge in [0.2, 0.25) is 0 Å². The van der Waals surface area contributed by atoms with Crippen molar-refractivity contribution in [3.05, 3.63) is 12.2 Å². The molecular weight excluding hydrogens is 258 g/mol. The van der Waals surface area contributed by atoms with Crippen molar-refractivity contribution < 1.29 is 0 Å². The Balaban J connectivity index is 1.45. The van der Waals surface area contributed by atoms with Gasteiger partial charge in [0.1, 0.15) is 6.33 Å². The van der Waals surface area contributed by atoms with Gasteiger partial charge >= 0.3 is 0 Å². The molecule has 0 atom stereocenters. The molecule has 0 saturated heterocycles. The predicted molar refractivity (Wildman–Crippen MR) is 78.4 cm³/mol. The number of aliphatic imine (C=N–C) groups is 1. The number of nitrogens with one attached hydrogen (secondary N) is 1. The fourth-order valence-electron chi connectivity index (χ4n) is 2.87. The molecule has 1 fully saturated rings. The van der Waals surface area contributed by atoms with Crippen molar-refractivity contribution >= 4 is 16.9 Å². The van der Waals surface area contributed by atoms with Gasteiger partial charge in [0, 0.05) is 32.3 Å². The van der Waals surface area contributed by atoms with Crippen LogP contribution >= 0.6 is 11.8 Å². The van der Waals surface area contributed by atoms with Gasteiger partial charge < -0.3 is 5.32 Å². The molecule has 1 aromatic heterocycles. The second-order valence-corrected chi connectivity index (χ2v) is 6.59. The third-order valence-electron chi connectivity index (χ3n) is 4.01. The zero-order valence-electron chi connectivity index (χ0n) is 11.4. The highest BCUT2D eigenvalue weighted by Gasteiger charge is 2.36. The van der Waals surface area contributed by atoms with E-state index in [0.29, 0.717) is 5.41 Å². The zero-order chi connectivity index (χ0) is 13.1. The summed E-state index contributed by atoms with van der Waals surface area (Å²) in [5, 5.41) is 8.78. The number of hydrogen-bond acceptors (Lipinski definition) is 5. The van der Waals surface area contributed by atoms with E-state index in [1.807, 2.05) is 18.8 Å². The van der Waals surface area contributed by atoms with Crippen LogP contribution in [-0.2, 0) is 13.5 Å². The van der Waals surface area contributed by atoms with Gasteiger partial charge in [-0.2, -0.15) is 5.10 Å². The van der Waals surface area contributed by atoms with E-state index < -0.39 is 0 Å². The molecule has 1 N–H and O–H groups in total. The van der Waals surface area contributed by atoms with E-state index in [-0.39, 0.29) is 0 Å². The summed E-state index contributed by atoms with van der Waals surface area (Å²) in [6, 6.07) is 0. The van der Waals surface area contributed by atoms with Crippen LogP contribution in [0.5, 0.6) is 0 Å². The van der Waals surface area contributed by atoms with Crippen LogP contribution in [0.15, 0.2) is 11.3 Å². The highest BCUT2D eigenvalue weighted by Crippen LogP contribution is 2.43. The number of amidine groups is 1. The lowest BCUT2D eigenvalue weighted by molar-refractivity contribution is 0.358. The second kappa shape index (κ2) is 5.53. The molecule has 0 bridgehead atoms. The topological polar surface area (TPSA) is 55.1 Å². The van der Waals surface area contributed by atoms with E-state index in [0.717, 1.165) is 30.5 Å². The third-order valence-corrected chi connectivity index (χ3v) is 5.31. The normalized spacial score (nSPS) is 21.6. The maximum atomic E-state index is 4.72. The summed E-state index contributed by atoms with van der Waals surface area (Å²) in [7, 11) is 1.89. The van der Waals surface area contributed by atoms with E-state index in [9.17, 15) is 0 Å². The average molecular weight is 279 g/mol. The number of aryl methyl sites for hydroxylation is 1. The quantitative estimate of drug-likeness (QED) is 0.913. The Morgan fingerprint density at radius 3 is 2.89 bits per heavy atom. The largest absolute Gasteiger partial charge is 0.364 e. The van der Waals surface area contributed by atoms with Gasteiger partial charge in [-0.25, -0.2) is 4.98 Å². The first kappa shape index (κ1) is 13.0. The highest BCUT2D eigenvalue weighted by molar-refractivity contribution is 8.13. The predicted octanol–water partition coefficient (Wildman–Crippen LogP) is 1.61. The van der Waals surface area contributed by atoms with Gasteiger partial charge in [-0.3, -0.25) is 9.67 Å². The fourth-order valence-corrected chi connectivity index (χ4v) is 4.05. The molecule has 104 valence electrons.